The Bertz CT molecular complexity index is 347. The van der Waals surface area contributed by atoms with Gasteiger partial charge in [0.1, 0.15) is 5.15 Å². The summed E-state index contributed by atoms with van der Waals surface area (Å²) in [6.45, 7) is 3.58. The van der Waals surface area contributed by atoms with Crippen molar-refractivity contribution in [3.63, 3.8) is 0 Å². The van der Waals surface area contributed by atoms with Crippen LogP contribution in [0.5, 0.6) is 0 Å². The highest BCUT2D eigenvalue weighted by Crippen LogP contribution is 2.10. The van der Waals surface area contributed by atoms with E-state index in [0.717, 1.165) is 12.0 Å². The van der Waals surface area contributed by atoms with E-state index in [-0.39, 0.29) is 18.3 Å². The van der Waals surface area contributed by atoms with Crippen LogP contribution in [0.3, 0.4) is 0 Å². The number of aromatic nitrogens is 1. The number of halogens is 2. The molecule has 0 saturated heterocycles. The molecule has 0 aliphatic heterocycles. The first-order valence-corrected chi connectivity index (χ1v) is 5.68. The summed E-state index contributed by atoms with van der Waals surface area (Å²) in [4.78, 5) is 15.2. The third-order valence-electron chi connectivity index (χ3n) is 2.01. The third kappa shape index (κ3) is 6.46. The van der Waals surface area contributed by atoms with Crippen molar-refractivity contribution in [3.8, 4) is 0 Å². The molecule has 0 aliphatic carbocycles. The number of amides is 1. The van der Waals surface area contributed by atoms with Crippen LogP contribution in [0, 0.1) is 0 Å². The fourth-order valence-electron chi connectivity index (χ4n) is 1.19. The van der Waals surface area contributed by atoms with Crippen LogP contribution in [-0.2, 0) is 11.3 Å². The van der Waals surface area contributed by atoms with Crippen LogP contribution in [-0.4, -0.2) is 24.0 Å². The zero-order chi connectivity index (χ0) is 11.8. The van der Waals surface area contributed by atoms with E-state index in [1.54, 1.807) is 6.20 Å². The molecule has 0 atom stereocenters. The van der Waals surface area contributed by atoms with Crippen LogP contribution in [0.1, 0.15) is 18.9 Å². The fraction of sp³-hybridized carbons (Fsp3) is 0.455. The van der Waals surface area contributed by atoms with Crippen LogP contribution in [0.15, 0.2) is 18.3 Å². The average Bonchev–Trinajstić information content (AvgIpc) is 2.29. The highest BCUT2D eigenvalue weighted by molar-refractivity contribution is 6.30. The van der Waals surface area contributed by atoms with E-state index in [0.29, 0.717) is 24.8 Å². The summed E-state index contributed by atoms with van der Waals surface area (Å²) in [5.74, 6) is 0.00172. The van der Waals surface area contributed by atoms with E-state index in [4.69, 9.17) is 11.6 Å². The molecule has 0 unspecified atom stereocenters. The molecule has 4 nitrogen and oxygen atoms in total. The molecule has 1 heterocycles. The molecule has 0 spiro atoms. The Balaban J connectivity index is 0.00000256. The number of nitrogens with zero attached hydrogens (tertiary/aromatic N) is 1. The van der Waals surface area contributed by atoms with Gasteiger partial charge in [-0.25, -0.2) is 4.98 Å². The summed E-state index contributed by atoms with van der Waals surface area (Å²) in [7, 11) is 0. The van der Waals surface area contributed by atoms with Gasteiger partial charge in [-0.05, 0) is 12.5 Å². The Labute approximate surface area is 113 Å². The van der Waals surface area contributed by atoms with Gasteiger partial charge in [0.25, 0.3) is 0 Å². The standard InChI is InChI=1S/C11H16ClN3O.ClH/c1-2-5-14-10(16)8-13-7-9-4-3-6-15-11(9)12;/h3-4,6,13H,2,5,7-8H2,1H3,(H,14,16);1H. The summed E-state index contributed by atoms with van der Waals surface area (Å²) in [6.07, 6.45) is 2.58. The van der Waals surface area contributed by atoms with Crippen LogP contribution >= 0.6 is 24.0 Å². The monoisotopic (exact) mass is 277 g/mol. The Morgan fingerprint density at radius 3 is 2.94 bits per heavy atom. The van der Waals surface area contributed by atoms with E-state index in [1.165, 1.54) is 0 Å². The second-order valence-electron chi connectivity index (χ2n) is 3.41. The molecule has 0 bridgehead atoms. The maximum Gasteiger partial charge on any atom is 0.233 e. The molecule has 0 aromatic carbocycles. The lowest BCUT2D eigenvalue weighted by atomic mass is 10.3. The fourth-order valence-corrected chi connectivity index (χ4v) is 1.37. The van der Waals surface area contributed by atoms with Gasteiger partial charge in [0.2, 0.25) is 5.91 Å². The predicted octanol–water partition coefficient (Wildman–Crippen LogP) is 1.77. The first kappa shape index (κ1) is 16.2. The molecule has 2 N–H and O–H groups in total. The lowest BCUT2D eigenvalue weighted by molar-refractivity contribution is -0.120. The number of rotatable bonds is 6. The van der Waals surface area contributed by atoms with Crippen molar-refractivity contribution in [1.82, 2.24) is 15.6 Å². The Kier molecular flexibility index (Phi) is 8.76. The molecule has 1 amide bonds. The summed E-state index contributed by atoms with van der Waals surface area (Å²) >= 11 is 5.87. The van der Waals surface area contributed by atoms with Crippen molar-refractivity contribution in [2.45, 2.75) is 19.9 Å². The number of hydrogen-bond acceptors (Lipinski definition) is 3. The number of hydrogen-bond donors (Lipinski definition) is 2. The number of carbonyl (C=O) groups is 1. The molecule has 0 fully saturated rings. The minimum absolute atomic E-state index is 0. The SMILES string of the molecule is CCCNC(=O)CNCc1cccnc1Cl.Cl. The van der Waals surface area contributed by atoms with Crippen LogP contribution in [0.2, 0.25) is 5.15 Å². The molecule has 0 radical (unpaired) electrons. The zero-order valence-corrected chi connectivity index (χ0v) is 11.3. The maximum absolute atomic E-state index is 11.3. The van der Waals surface area contributed by atoms with Crippen molar-refractivity contribution in [1.29, 1.82) is 0 Å². The summed E-state index contributed by atoms with van der Waals surface area (Å²) < 4.78 is 0. The second kappa shape index (κ2) is 9.22. The minimum atomic E-state index is 0. The van der Waals surface area contributed by atoms with Gasteiger partial charge in [-0.3, -0.25) is 4.79 Å². The van der Waals surface area contributed by atoms with Crippen LogP contribution in [0.4, 0.5) is 0 Å². The highest BCUT2D eigenvalue weighted by Gasteiger charge is 2.02. The molecular formula is C11H17Cl2N3O. The molecular weight excluding hydrogens is 261 g/mol. The molecule has 96 valence electrons. The van der Waals surface area contributed by atoms with Gasteiger partial charge in [0.05, 0.1) is 6.54 Å². The topological polar surface area (TPSA) is 54.0 Å². The maximum atomic E-state index is 11.3. The van der Waals surface area contributed by atoms with Crippen molar-refractivity contribution in [2.75, 3.05) is 13.1 Å². The Morgan fingerprint density at radius 1 is 1.53 bits per heavy atom. The first-order chi connectivity index (χ1) is 7.74. The molecule has 0 saturated carbocycles. The number of carbonyl (C=O) groups excluding carboxylic acids is 1. The average molecular weight is 278 g/mol. The Morgan fingerprint density at radius 2 is 2.29 bits per heavy atom. The van der Waals surface area contributed by atoms with Crippen LogP contribution < -0.4 is 10.6 Å². The van der Waals surface area contributed by atoms with Gasteiger partial charge in [0.15, 0.2) is 0 Å². The van der Waals surface area contributed by atoms with Gasteiger partial charge in [-0.1, -0.05) is 24.6 Å². The normalized spacial score (nSPS) is 9.53. The predicted molar refractivity (Wildman–Crippen MR) is 71.5 cm³/mol. The second-order valence-corrected chi connectivity index (χ2v) is 3.76. The molecule has 1 rings (SSSR count). The van der Waals surface area contributed by atoms with Gasteiger partial charge < -0.3 is 10.6 Å². The summed E-state index contributed by atoms with van der Waals surface area (Å²) in [5, 5.41) is 6.27. The molecule has 0 aliphatic rings. The highest BCUT2D eigenvalue weighted by atomic mass is 35.5. The number of pyridine rings is 1. The molecule has 17 heavy (non-hydrogen) atoms. The van der Waals surface area contributed by atoms with Crippen LogP contribution in [0.25, 0.3) is 0 Å². The largest absolute Gasteiger partial charge is 0.355 e. The third-order valence-corrected chi connectivity index (χ3v) is 2.35. The summed E-state index contributed by atoms with van der Waals surface area (Å²) in [5.41, 5.74) is 0.896. The van der Waals surface area contributed by atoms with E-state index in [1.807, 2.05) is 19.1 Å². The van der Waals surface area contributed by atoms with Crippen molar-refractivity contribution in [2.24, 2.45) is 0 Å². The van der Waals surface area contributed by atoms with E-state index in [9.17, 15) is 4.79 Å². The quantitative estimate of drug-likeness (QED) is 0.780. The van der Waals surface area contributed by atoms with Gasteiger partial charge >= 0.3 is 0 Å². The van der Waals surface area contributed by atoms with Gasteiger partial charge in [0, 0.05) is 24.8 Å². The summed E-state index contributed by atoms with van der Waals surface area (Å²) in [6, 6.07) is 3.70. The molecule has 1 aromatic heterocycles. The molecule has 1 aromatic rings. The van der Waals surface area contributed by atoms with Gasteiger partial charge in [-0.15, -0.1) is 12.4 Å². The van der Waals surface area contributed by atoms with Crippen molar-refractivity contribution >= 4 is 29.9 Å². The molecule has 6 heteroatoms. The van der Waals surface area contributed by atoms with Crippen molar-refractivity contribution < 1.29 is 4.79 Å². The van der Waals surface area contributed by atoms with Crippen molar-refractivity contribution in [3.05, 3.63) is 29.0 Å². The lowest BCUT2D eigenvalue weighted by Crippen LogP contribution is -2.34. The van der Waals surface area contributed by atoms with E-state index < -0.39 is 0 Å². The first-order valence-electron chi connectivity index (χ1n) is 5.31. The Hall–Kier alpha value is -0.840. The lowest BCUT2D eigenvalue weighted by Gasteiger charge is -2.06. The van der Waals surface area contributed by atoms with E-state index in [2.05, 4.69) is 15.6 Å². The van der Waals surface area contributed by atoms with Gasteiger partial charge in [-0.2, -0.15) is 0 Å². The number of nitrogens with one attached hydrogen (secondary N) is 2. The van der Waals surface area contributed by atoms with E-state index >= 15 is 0 Å². The zero-order valence-electron chi connectivity index (χ0n) is 9.70. The smallest absolute Gasteiger partial charge is 0.233 e. The minimum Gasteiger partial charge on any atom is -0.355 e.